The van der Waals surface area contributed by atoms with Gasteiger partial charge in [-0.1, -0.05) is 18.2 Å². The summed E-state index contributed by atoms with van der Waals surface area (Å²) in [6.07, 6.45) is 2.88. The molecule has 0 unspecified atom stereocenters. The number of thioether (sulfide) groups is 1. The predicted octanol–water partition coefficient (Wildman–Crippen LogP) is 3.81. The topological polar surface area (TPSA) is 26.0 Å². The summed E-state index contributed by atoms with van der Waals surface area (Å²) in [6, 6.07) is 8.04. The fourth-order valence-electron chi connectivity index (χ4n) is 2.76. The second kappa shape index (κ2) is 5.17. The Labute approximate surface area is 111 Å². The monoisotopic (exact) mass is 271 g/mol. The molecule has 0 spiro atoms. The van der Waals surface area contributed by atoms with Crippen molar-refractivity contribution in [1.29, 1.82) is 0 Å². The second-order valence-electron chi connectivity index (χ2n) is 5.04. The van der Waals surface area contributed by atoms with Crippen molar-refractivity contribution in [2.24, 2.45) is 5.73 Å². The Bertz CT molecular complexity index is 410. The molecule has 1 fully saturated rings. The first kappa shape index (κ1) is 13.8. The van der Waals surface area contributed by atoms with E-state index >= 15 is 0 Å². The third kappa shape index (κ3) is 2.54. The minimum Gasteiger partial charge on any atom is -0.330 e. The number of nitrogens with two attached hydrogens (primary N) is 1. The lowest BCUT2D eigenvalue weighted by Crippen LogP contribution is -2.42. The Hall–Kier alpha value is -0.610. The van der Waals surface area contributed by atoms with Crippen molar-refractivity contribution in [1.82, 2.24) is 0 Å². The SMILES string of the molecule is CSc1ccccc1C1(CN)CCC(F)(F)CC1. The molecule has 1 aromatic rings. The van der Waals surface area contributed by atoms with Crippen molar-refractivity contribution in [3.63, 3.8) is 0 Å². The van der Waals surface area contributed by atoms with E-state index in [-0.39, 0.29) is 18.3 Å². The lowest BCUT2D eigenvalue weighted by Gasteiger charge is -2.40. The zero-order chi connectivity index (χ0) is 13.2. The highest BCUT2D eigenvalue weighted by atomic mass is 32.2. The Balaban J connectivity index is 2.33. The molecule has 1 saturated carbocycles. The van der Waals surface area contributed by atoms with Crippen molar-refractivity contribution >= 4 is 11.8 Å². The van der Waals surface area contributed by atoms with Crippen LogP contribution in [-0.2, 0) is 5.41 Å². The molecule has 100 valence electrons. The van der Waals surface area contributed by atoms with Gasteiger partial charge in [0.15, 0.2) is 0 Å². The van der Waals surface area contributed by atoms with Gasteiger partial charge in [0.05, 0.1) is 0 Å². The molecule has 1 aliphatic carbocycles. The molecule has 0 aromatic heterocycles. The number of halogens is 2. The molecule has 0 aliphatic heterocycles. The van der Waals surface area contributed by atoms with Gasteiger partial charge in [-0.05, 0) is 30.7 Å². The third-order valence-electron chi connectivity index (χ3n) is 4.01. The van der Waals surface area contributed by atoms with Gasteiger partial charge in [0.1, 0.15) is 0 Å². The lowest BCUT2D eigenvalue weighted by atomic mass is 9.68. The summed E-state index contributed by atoms with van der Waals surface area (Å²) in [6.45, 7) is 0.445. The quantitative estimate of drug-likeness (QED) is 0.846. The molecule has 0 radical (unpaired) electrons. The minimum atomic E-state index is -2.51. The Morgan fingerprint density at radius 3 is 2.33 bits per heavy atom. The predicted molar refractivity (Wildman–Crippen MR) is 72.4 cm³/mol. The van der Waals surface area contributed by atoms with E-state index in [4.69, 9.17) is 5.73 Å². The highest BCUT2D eigenvalue weighted by Gasteiger charge is 2.44. The summed E-state index contributed by atoms with van der Waals surface area (Å²) in [7, 11) is 0. The molecule has 2 N–H and O–H groups in total. The van der Waals surface area contributed by atoms with Gasteiger partial charge >= 0.3 is 0 Å². The molecule has 4 heteroatoms. The Morgan fingerprint density at radius 2 is 1.78 bits per heavy atom. The van der Waals surface area contributed by atoms with E-state index in [1.807, 2.05) is 30.5 Å². The van der Waals surface area contributed by atoms with Crippen LogP contribution < -0.4 is 5.73 Å². The number of alkyl halides is 2. The van der Waals surface area contributed by atoms with E-state index in [2.05, 4.69) is 0 Å². The highest BCUT2D eigenvalue weighted by Crippen LogP contribution is 2.46. The maximum absolute atomic E-state index is 13.3. The van der Waals surface area contributed by atoms with Crippen LogP contribution in [-0.4, -0.2) is 18.7 Å². The number of hydrogen-bond donors (Lipinski definition) is 1. The Kier molecular flexibility index (Phi) is 3.97. The van der Waals surface area contributed by atoms with Crippen LogP contribution in [0.1, 0.15) is 31.2 Å². The average Bonchev–Trinajstić information content (AvgIpc) is 2.40. The van der Waals surface area contributed by atoms with Gasteiger partial charge in [0.25, 0.3) is 0 Å². The van der Waals surface area contributed by atoms with Gasteiger partial charge in [-0.25, -0.2) is 8.78 Å². The van der Waals surface area contributed by atoms with Gasteiger partial charge in [-0.15, -0.1) is 11.8 Å². The zero-order valence-corrected chi connectivity index (χ0v) is 11.4. The smallest absolute Gasteiger partial charge is 0.248 e. The van der Waals surface area contributed by atoms with Gasteiger partial charge < -0.3 is 5.73 Å². The molecular formula is C14H19F2NS. The first-order valence-electron chi connectivity index (χ1n) is 6.24. The zero-order valence-electron chi connectivity index (χ0n) is 10.6. The van der Waals surface area contributed by atoms with Crippen molar-refractivity contribution < 1.29 is 8.78 Å². The first-order chi connectivity index (χ1) is 8.53. The summed E-state index contributed by atoms with van der Waals surface area (Å²) in [4.78, 5) is 1.16. The minimum absolute atomic E-state index is 0.0487. The Morgan fingerprint density at radius 1 is 1.17 bits per heavy atom. The van der Waals surface area contributed by atoms with Crippen LogP contribution in [0, 0.1) is 0 Å². The van der Waals surface area contributed by atoms with Crippen LogP contribution in [0.2, 0.25) is 0 Å². The number of rotatable bonds is 3. The van der Waals surface area contributed by atoms with E-state index in [9.17, 15) is 8.78 Å². The molecule has 1 aliphatic rings. The van der Waals surface area contributed by atoms with E-state index in [0.29, 0.717) is 19.4 Å². The fourth-order valence-corrected chi connectivity index (χ4v) is 3.48. The molecule has 0 atom stereocenters. The third-order valence-corrected chi connectivity index (χ3v) is 4.80. The summed E-state index contributed by atoms with van der Waals surface area (Å²) in [5.41, 5.74) is 6.81. The van der Waals surface area contributed by atoms with Crippen LogP contribution in [0.15, 0.2) is 29.2 Å². The van der Waals surface area contributed by atoms with E-state index in [0.717, 1.165) is 10.5 Å². The molecular weight excluding hydrogens is 252 g/mol. The van der Waals surface area contributed by atoms with E-state index < -0.39 is 5.92 Å². The van der Waals surface area contributed by atoms with Crippen LogP contribution in [0.3, 0.4) is 0 Å². The molecule has 18 heavy (non-hydrogen) atoms. The largest absolute Gasteiger partial charge is 0.330 e. The summed E-state index contributed by atoms with van der Waals surface area (Å²) in [5.74, 6) is -2.51. The molecule has 1 aromatic carbocycles. The molecule has 0 bridgehead atoms. The van der Waals surface area contributed by atoms with Crippen LogP contribution in [0.5, 0.6) is 0 Å². The molecule has 0 amide bonds. The average molecular weight is 271 g/mol. The van der Waals surface area contributed by atoms with Crippen LogP contribution >= 0.6 is 11.8 Å². The van der Waals surface area contributed by atoms with Crippen LogP contribution in [0.25, 0.3) is 0 Å². The molecule has 1 nitrogen and oxygen atoms in total. The summed E-state index contributed by atoms with van der Waals surface area (Å²) >= 11 is 1.66. The number of hydrogen-bond acceptors (Lipinski definition) is 2. The standard InChI is InChI=1S/C14H19F2NS/c1-18-12-5-3-2-4-11(12)13(10-17)6-8-14(15,16)9-7-13/h2-5H,6-10,17H2,1H3. The molecule has 2 rings (SSSR count). The maximum Gasteiger partial charge on any atom is 0.248 e. The summed E-state index contributed by atoms with van der Waals surface area (Å²) in [5, 5.41) is 0. The van der Waals surface area contributed by atoms with E-state index in [1.54, 1.807) is 11.8 Å². The highest BCUT2D eigenvalue weighted by molar-refractivity contribution is 7.98. The maximum atomic E-state index is 13.3. The fraction of sp³-hybridized carbons (Fsp3) is 0.571. The van der Waals surface area contributed by atoms with Gasteiger partial charge in [0.2, 0.25) is 5.92 Å². The number of benzene rings is 1. The summed E-state index contributed by atoms with van der Waals surface area (Å²) < 4.78 is 26.7. The van der Waals surface area contributed by atoms with E-state index in [1.165, 1.54) is 0 Å². The van der Waals surface area contributed by atoms with Crippen molar-refractivity contribution in [2.45, 2.75) is 41.9 Å². The second-order valence-corrected chi connectivity index (χ2v) is 5.89. The molecule has 0 saturated heterocycles. The van der Waals surface area contributed by atoms with Gasteiger partial charge in [-0.3, -0.25) is 0 Å². The first-order valence-corrected chi connectivity index (χ1v) is 7.47. The van der Waals surface area contributed by atoms with Crippen molar-refractivity contribution in [3.05, 3.63) is 29.8 Å². The van der Waals surface area contributed by atoms with Crippen molar-refractivity contribution in [2.75, 3.05) is 12.8 Å². The van der Waals surface area contributed by atoms with Crippen molar-refractivity contribution in [3.8, 4) is 0 Å². The van der Waals surface area contributed by atoms with Gasteiger partial charge in [0, 0.05) is 29.7 Å². The van der Waals surface area contributed by atoms with Gasteiger partial charge in [-0.2, -0.15) is 0 Å². The van der Waals surface area contributed by atoms with Crippen LogP contribution in [0.4, 0.5) is 8.78 Å². The normalized spacial score (nSPS) is 21.8. The molecule has 0 heterocycles. The lowest BCUT2D eigenvalue weighted by molar-refractivity contribution is -0.0512.